The summed E-state index contributed by atoms with van der Waals surface area (Å²) in [6.07, 6.45) is -1.18. The van der Waals surface area contributed by atoms with Crippen LogP contribution < -0.4 is 20.3 Å². The van der Waals surface area contributed by atoms with Crippen LogP contribution in [0.1, 0.15) is 76.1 Å². The van der Waals surface area contributed by atoms with Gasteiger partial charge in [-0.25, -0.2) is 19.2 Å². The van der Waals surface area contributed by atoms with Crippen LogP contribution in [0.5, 0.6) is 11.5 Å². The Labute approximate surface area is 489 Å². The van der Waals surface area contributed by atoms with Crippen molar-refractivity contribution in [2.45, 2.75) is 91.5 Å². The topological polar surface area (TPSA) is 238 Å². The fraction of sp³-hybridized carbons (Fsp3) is 0.433. The minimum atomic E-state index is -0.902. The Morgan fingerprint density at radius 2 is 1.75 bits per heavy atom. The van der Waals surface area contributed by atoms with Gasteiger partial charge in [0, 0.05) is 94.8 Å². The van der Waals surface area contributed by atoms with Crippen molar-refractivity contribution < 1.29 is 52.5 Å². The van der Waals surface area contributed by atoms with Gasteiger partial charge in [0.1, 0.15) is 52.8 Å². The number of aromatic nitrogens is 4. The van der Waals surface area contributed by atoms with Crippen LogP contribution in [0.2, 0.25) is 5.02 Å². The molecular formula is C60H70ClFN10O10S. The molecule has 23 heteroatoms. The zero-order valence-electron chi connectivity index (χ0n) is 47.8. The number of thiazole rings is 1. The third-order valence-corrected chi connectivity index (χ3v) is 15.9. The molecule has 83 heavy (non-hydrogen) atoms. The van der Waals surface area contributed by atoms with Crippen LogP contribution in [0.3, 0.4) is 0 Å². The zero-order chi connectivity index (χ0) is 59.3. The number of aromatic hydroxyl groups is 1. The lowest BCUT2D eigenvalue weighted by Gasteiger charge is -2.36. The second kappa shape index (κ2) is 25.9. The monoisotopic (exact) mass is 1180 g/mol. The molecule has 2 fully saturated rings. The summed E-state index contributed by atoms with van der Waals surface area (Å²) < 4.78 is 40.5. The number of hydrogen-bond acceptors (Lipinski definition) is 17. The van der Waals surface area contributed by atoms with Gasteiger partial charge >= 0.3 is 6.09 Å². The van der Waals surface area contributed by atoms with E-state index in [0.29, 0.717) is 76.5 Å². The van der Waals surface area contributed by atoms with Crippen molar-refractivity contribution in [3.05, 3.63) is 106 Å². The number of amides is 4. The van der Waals surface area contributed by atoms with E-state index >= 15 is 4.39 Å². The van der Waals surface area contributed by atoms with Crippen molar-refractivity contribution in [2.24, 2.45) is 5.92 Å². The summed E-state index contributed by atoms with van der Waals surface area (Å²) in [6, 6.07) is 18.5. The van der Waals surface area contributed by atoms with Gasteiger partial charge < -0.3 is 59.2 Å². The van der Waals surface area contributed by atoms with Gasteiger partial charge in [-0.05, 0) is 86.7 Å². The molecule has 0 spiro atoms. The predicted octanol–water partition coefficient (Wildman–Crippen LogP) is 9.11. The maximum absolute atomic E-state index is 17.2. The molecule has 2 aliphatic rings. The van der Waals surface area contributed by atoms with Gasteiger partial charge in [0.05, 0.1) is 46.1 Å². The number of piperazine rings is 1. The number of likely N-dealkylation sites (tertiary alicyclic amines) is 1. The Hall–Kier alpha value is -7.66. The zero-order valence-corrected chi connectivity index (χ0v) is 49.4. The molecule has 5 heterocycles. The van der Waals surface area contributed by atoms with Crippen LogP contribution in [-0.4, -0.2) is 159 Å². The largest absolute Gasteiger partial charge is 0.508 e. The van der Waals surface area contributed by atoms with Gasteiger partial charge in [0.15, 0.2) is 5.82 Å². The molecule has 4 aromatic carbocycles. The third kappa shape index (κ3) is 14.1. The summed E-state index contributed by atoms with van der Waals surface area (Å²) in [5, 5.41) is 33.3. The van der Waals surface area contributed by atoms with Crippen molar-refractivity contribution in [2.75, 3.05) is 82.9 Å². The van der Waals surface area contributed by atoms with Crippen LogP contribution in [0.25, 0.3) is 43.2 Å². The molecule has 4 N–H and O–H groups in total. The Kier molecular flexibility index (Phi) is 18.7. The first-order valence-electron chi connectivity index (χ1n) is 27.7. The molecule has 2 saturated heterocycles. The molecule has 0 saturated carbocycles. The van der Waals surface area contributed by atoms with E-state index in [2.05, 4.69) is 25.8 Å². The number of aryl methyl sites for hydroxylation is 2. The molecule has 20 nitrogen and oxygen atoms in total. The second-order valence-electron chi connectivity index (χ2n) is 22.2. The number of aliphatic hydroxyl groups is 1. The van der Waals surface area contributed by atoms with E-state index in [0.717, 1.165) is 16.1 Å². The average molecular weight is 1180 g/mol. The molecule has 0 aliphatic carbocycles. The number of fused-ring (bicyclic) bond motifs is 2. The number of phenolic OH excluding ortho intramolecular Hbond substituents is 1. The Morgan fingerprint density at radius 3 is 2.46 bits per heavy atom. The van der Waals surface area contributed by atoms with Gasteiger partial charge in [-0.3, -0.25) is 14.4 Å². The number of ether oxygens (including phenoxy) is 3. The fourth-order valence-corrected chi connectivity index (χ4v) is 11.5. The van der Waals surface area contributed by atoms with E-state index in [1.54, 1.807) is 47.5 Å². The number of hydrogen-bond donors (Lipinski definition) is 4. The maximum atomic E-state index is 17.2. The lowest BCUT2D eigenvalue weighted by Crippen LogP contribution is -2.50. The number of nitrogens with one attached hydrogen (secondary N) is 2. The number of benzene rings is 4. The van der Waals surface area contributed by atoms with Gasteiger partial charge in [-0.1, -0.05) is 67.0 Å². The molecule has 3 atom stereocenters. The smallest absolute Gasteiger partial charge is 0.410 e. The molecule has 3 aromatic heterocycles. The predicted molar refractivity (Wildman–Crippen MR) is 315 cm³/mol. The number of aliphatic hydroxyl groups excluding tert-OH is 1. The molecule has 4 amide bonds. The quantitative estimate of drug-likeness (QED) is 0.0521. The Morgan fingerprint density at radius 1 is 0.976 bits per heavy atom. The van der Waals surface area contributed by atoms with Gasteiger partial charge in [0.2, 0.25) is 23.7 Å². The van der Waals surface area contributed by atoms with E-state index in [9.17, 15) is 29.4 Å². The second-order valence-corrected chi connectivity index (χ2v) is 23.5. The summed E-state index contributed by atoms with van der Waals surface area (Å²) in [7, 11) is 1.67. The number of nitrogens with zero attached hydrogens (tertiary/aromatic N) is 8. The molecule has 9 rings (SSSR count). The van der Waals surface area contributed by atoms with Crippen molar-refractivity contribution >= 4 is 80.2 Å². The van der Waals surface area contributed by atoms with Crippen LogP contribution in [-0.2, 0) is 30.4 Å². The minimum absolute atomic E-state index is 0.0126. The average Bonchev–Trinajstić information content (AvgIpc) is 4.22. The van der Waals surface area contributed by atoms with Crippen LogP contribution >= 0.6 is 22.9 Å². The summed E-state index contributed by atoms with van der Waals surface area (Å²) in [5.74, 6) is -1.14. The van der Waals surface area contributed by atoms with E-state index < -0.39 is 41.5 Å². The van der Waals surface area contributed by atoms with E-state index in [1.807, 2.05) is 88.9 Å². The minimum Gasteiger partial charge on any atom is -0.508 e. The molecule has 2 aliphatic heterocycles. The Balaban J connectivity index is 0.816. The molecule has 7 aromatic rings. The summed E-state index contributed by atoms with van der Waals surface area (Å²) in [5.41, 5.74) is 4.59. The van der Waals surface area contributed by atoms with Crippen molar-refractivity contribution in [1.29, 1.82) is 0 Å². The maximum Gasteiger partial charge on any atom is 0.410 e. The van der Waals surface area contributed by atoms with E-state index in [4.69, 9.17) is 35.3 Å². The van der Waals surface area contributed by atoms with E-state index in [-0.39, 0.29) is 104 Å². The number of rotatable bonds is 20. The molecule has 440 valence electrons. The van der Waals surface area contributed by atoms with Crippen molar-refractivity contribution in [3.8, 4) is 33.1 Å². The first kappa shape index (κ1) is 59.9. The number of phenols is 1. The molecule has 0 unspecified atom stereocenters. The van der Waals surface area contributed by atoms with Crippen molar-refractivity contribution in [1.82, 2.24) is 40.1 Å². The first-order chi connectivity index (χ1) is 39.6. The van der Waals surface area contributed by atoms with Crippen LogP contribution in [0, 0.1) is 25.6 Å². The lowest BCUT2D eigenvalue weighted by atomic mass is 9.91. The summed E-state index contributed by atoms with van der Waals surface area (Å²) >= 11 is 8.44. The fourth-order valence-electron chi connectivity index (χ4n) is 10.4. The number of likely N-dealkylation sites (N-methyl/N-ethyl adjacent to an activating group) is 1. The van der Waals surface area contributed by atoms with Crippen molar-refractivity contribution in [3.63, 3.8) is 0 Å². The third-order valence-electron chi connectivity index (χ3n) is 14.6. The Bertz CT molecular complexity index is 3510. The van der Waals surface area contributed by atoms with Gasteiger partial charge in [-0.15, -0.1) is 11.3 Å². The number of anilines is 2. The van der Waals surface area contributed by atoms with Gasteiger partial charge in [0.25, 0.3) is 0 Å². The van der Waals surface area contributed by atoms with Gasteiger partial charge in [-0.2, -0.15) is 4.98 Å². The molecular weight excluding hydrogens is 1110 g/mol. The summed E-state index contributed by atoms with van der Waals surface area (Å²) in [4.78, 5) is 75.7. The summed E-state index contributed by atoms with van der Waals surface area (Å²) in [6.45, 7) is 15.3. The highest BCUT2D eigenvalue weighted by molar-refractivity contribution is 7.13. The highest BCUT2D eigenvalue weighted by Crippen LogP contribution is 2.43. The highest BCUT2D eigenvalue weighted by atomic mass is 35.5. The first-order valence-corrected chi connectivity index (χ1v) is 29.0. The highest BCUT2D eigenvalue weighted by Gasteiger charge is 2.43. The standard InChI is InChI=1S/C60H70ClFN10O10S/c1-34(2)50(48-25-35(3)68-82-48)57(77)72-32-41(74)29-46(72)56(76)64-31-39-14-13-38(54-36(4)65-33-83-54)27-47(39)80-24-23-79-22-21-69(8)49(75)15-16-63-58-66-53-44(55(67-58)70-17-19-71(20-18-70)59(78)81-60(5,6)7)30-45(61)51(52(53)62)43-28-40(73)26-37-11-9-10-12-42(37)43/h9-14,25-28,30,33-34,41,46,50,73-74H,15-24,29,31-32H2,1-8H3,(H,64,76)(H,63,66,67)/t41-,46+,50+/m1/s1. The number of carbonyl (C=O) groups excluding carboxylic acids is 4. The number of carbonyl (C=O) groups is 4. The SMILES string of the molecule is Cc1cc([C@@H](C(=O)N2C[C@H](O)C[C@H]2C(=O)NCc2ccc(-c3scnc3C)cc2OCCOCCN(C)C(=O)CCNc2nc(N3CCN(C(=O)OC(C)(C)C)CC3)c3cc(Cl)c(-c4cc(O)cc5ccccc45)c(F)c3n2)C(C)C)on1. The lowest BCUT2D eigenvalue weighted by molar-refractivity contribution is -0.141. The number of β-amino-alcohol motifs (C(OH)–C–C–N with tert-alkyl or cyclic N) is 1. The van der Waals surface area contributed by atoms with Crippen LogP contribution in [0.15, 0.2) is 76.8 Å². The van der Waals surface area contributed by atoms with E-state index in [1.165, 1.54) is 22.3 Å². The number of halogens is 2. The molecule has 0 bridgehead atoms. The normalized spacial score (nSPS) is 16.0. The van der Waals surface area contributed by atoms with Crippen LogP contribution in [0.4, 0.5) is 21.0 Å². The molecule has 0 radical (unpaired) electrons.